The molecule has 1 amide bonds. The Balaban J connectivity index is 1.72. The molecule has 0 saturated heterocycles. The molecule has 1 aliphatic heterocycles. The van der Waals surface area contributed by atoms with Crippen molar-refractivity contribution in [3.05, 3.63) is 78.9 Å². The van der Waals surface area contributed by atoms with Gasteiger partial charge in [0.1, 0.15) is 0 Å². The minimum atomic E-state index is -0.274. The van der Waals surface area contributed by atoms with Crippen LogP contribution in [0.15, 0.2) is 62.1 Å². The summed E-state index contributed by atoms with van der Waals surface area (Å²) in [6, 6.07) is 7.78. The molecule has 1 aromatic heterocycles. The van der Waals surface area contributed by atoms with Crippen LogP contribution in [0.1, 0.15) is 21.6 Å². The summed E-state index contributed by atoms with van der Waals surface area (Å²) < 4.78 is 9.52. The molecule has 0 bridgehead atoms. The average Bonchev–Trinajstić information content (AvgIpc) is 3.05. The molecule has 2 heterocycles. The van der Waals surface area contributed by atoms with Crippen molar-refractivity contribution < 1.29 is 30.7 Å². The molecule has 0 spiro atoms. The maximum atomic E-state index is 12.7. The number of nitrogens with zero attached hydrogens (tertiary/aromatic N) is 2. The van der Waals surface area contributed by atoms with Crippen LogP contribution in [-0.2, 0) is 11.3 Å². The van der Waals surface area contributed by atoms with Gasteiger partial charge in [-0.15, -0.1) is 0 Å². The zero-order valence-corrected chi connectivity index (χ0v) is 18.6. The number of aromatic nitrogens is 2. The van der Waals surface area contributed by atoms with Gasteiger partial charge in [-0.1, -0.05) is 0 Å². The molecule has 0 saturated carbocycles. The zero-order valence-electron chi connectivity index (χ0n) is 16.5. The summed E-state index contributed by atoms with van der Waals surface area (Å²) in [5.74, 6) is 6.65. The van der Waals surface area contributed by atoms with Gasteiger partial charge in [0.25, 0.3) is 0 Å². The van der Waals surface area contributed by atoms with Crippen LogP contribution >= 0.6 is 0 Å². The first-order valence-corrected chi connectivity index (χ1v) is 11.4. The maximum absolute atomic E-state index is 12.7. The Labute approximate surface area is 181 Å². The fourth-order valence-electron chi connectivity index (χ4n) is 2.57. The summed E-state index contributed by atoms with van der Waals surface area (Å²) in [4.78, 5) is 14.7. The molecule has 0 unspecified atom stereocenters. The van der Waals surface area contributed by atoms with Crippen LogP contribution in [-0.4, -0.2) is 42.2 Å². The Morgan fingerprint density at radius 1 is 1.28 bits per heavy atom. The van der Waals surface area contributed by atoms with E-state index in [-0.39, 0.29) is 27.1 Å². The quantitative estimate of drug-likeness (QED) is 0.451. The Morgan fingerprint density at radius 2 is 2.07 bits per heavy atom. The number of methoxy groups -OCH3 is 1. The summed E-state index contributed by atoms with van der Waals surface area (Å²) in [7, 11) is 5.67. The summed E-state index contributed by atoms with van der Waals surface area (Å²) in [5, 5.41) is 9.62. The van der Waals surface area contributed by atoms with Crippen molar-refractivity contribution in [3.63, 3.8) is 0 Å². The third kappa shape index (κ3) is 6.07. The number of allylic oxidation sites excluding steroid dienone is 3. The van der Waals surface area contributed by atoms with Gasteiger partial charge in [-0.05, 0) is 14.1 Å². The van der Waals surface area contributed by atoms with Gasteiger partial charge >= 0.3 is 156 Å². The van der Waals surface area contributed by atoms with Gasteiger partial charge in [-0.2, -0.15) is 0 Å². The molecule has 3 rings (SSSR count). The van der Waals surface area contributed by atoms with Crippen molar-refractivity contribution in [2.24, 2.45) is 0 Å². The fourth-order valence-corrected chi connectivity index (χ4v) is 4.06. The Bertz CT molecular complexity index is 1020. The van der Waals surface area contributed by atoms with Crippen molar-refractivity contribution in [1.29, 1.82) is 0 Å². The van der Waals surface area contributed by atoms with E-state index in [0.29, 0.717) is 11.3 Å². The van der Waals surface area contributed by atoms with E-state index in [2.05, 4.69) is 40.4 Å². The molecule has 150 valence electrons. The van der Waals surface area contributed by atoms with E-state index in [1.54, 1.807) is 13.3 Å². The SMILES string of the molecule is COC1=CC(C#Cc2cn[nH]c2C(=O)Nc2ccc(CN(C)C)cc2)=C[I-]C=C1. The van der Waals surface area contributed by atoms with Crippen LogP contribution in [0.3, 0.4) is 0 Å². The molecule has 0 radical (unpaired) electrons. The predicted molar refractivity (Wildman–Crippen MR) is 110 cm³/mol. The fraction of sp³-hybridized carbons (Fsp3) is 0.182. The van der Waals surface area contributed by atoms with Crippen LogP contribution < -0.4 is 26.5 Å². The summed E-state index contributed by atoms with van der Waals surface area (Å²) in [5.41, 5.74) is 3.67. The summed E-state index contributed by atoms with van der Waals surface area (Å²) in [6.07, 6.45) is 5.41. The molecule has 2 aromatic rings. The van der Waals surface area contributed by atoms with Crippen molar-refractivity contribution in [3.8, 4) is 11.8 Å². The Morgan fingerprint density at radius 3 is 2.79 bits per heavy atom. The molecule has 0 atom stereocenters. The molecule has 1 aromatic carbocycles. The number of H-pyrrole nitrogens is 1. The van der Waals surface area contributed by atoms with Gasteiger partial charge in [0.15, 0.2) is 0 Å². The normalized spacial score (nSPS) is 13.4. The van der Waals surface area contributed by atoms with Crippen molar-refractivity contribution in [2.75, 3.05) is 26.5 Å². The first-order chi connectivity index (χ1) is 14.0. The van der Waals surface area contributed by atoms with E-state index < -0.39 is 0 Å². The number of rotatable bonds is 5. The Kier molecular flexibility index (Phi) is 7.27. The second-order valence-corrected chi connectivity index (χ2v) is 8.59. The van der Waals surface area contributed by atoms with Gasteiger partial charge < -0.3 is 4.90 Å². The van der Waals surface area contributed by atoms with Gasteiger partial charge in [0.2, 0.25) is 0 Å². The predicted octanol–water partition coefficient (Wildman–Crippen LogP) is 0.106. The first-order valence-electron chi connectivity index (χ1n) is 8.90. The number of anilines is 1. The van der Waals surface area contributed by atoms with Gasteiger partial charge in [0.05, 0.1) is 0 Å². The number of ether oxygens (including phenoxy) is 1. The van der Waals surface area contributed by atoms with Crippen LogP contribution in [0.4, 0.5) is 5.69 Å². The van der Waals surface area contributed by atoms with E-state index in [4.69, 9.17) is 4.74 Å². The number of carbonyl (C=O) groups is 1. The Hall–Kier alpha value is -2.83. The standard InChI is InChI=1S/C22H22IN4O2/c1-27(2)15-16-5-8-19(9-6-16)25-22(28)21-18(14-24-26-21)7-4-17-12-20(29-3)10-11-23-13-17/h5-6,8-14H,15H2,1-3H3,(H,24,26)(H,25,28)/q-1. The first kappa shape index (κ1) is 20.9. The zero-order chi connectivity index (χ0) is 20.6. The van der Waals surface area contributed by atoms with Crippen molar-refractivity contribution >= 4 is 11.6 Å². The number of hydrogen-bond acceptors (Lipinski definition) is 4. The number of nitrogens with one attached hydrogen (secondary N) is 2. The number of benzene rings is 1. The topological polar surface area (TPSA) is 70.2 Å². The van der Waals surface area contributed by atoms with Crippen LogP contribution in [0, 0.1) is 11.8 Å². The van der Waals surface area contributed by atoms with Crippen LogP contribution in [0.2, 0.25) is 0 Å². The van der Waals surface area contributed by atoms with E-state index in [9.17, 15) is 4.79 Å². The van der Waals surface area contributed by atoms with Crippen LogP contribution in [0.25, 0.3) is 0 Å². The van der Waals surface area contributed by atoms with Crippen molar-refractivity contribution in [2.45, 2.75) is 6.54 Å². The van der Waals surface area contributed by atoms with Gasteiger partial charge in [0, 0.05) is 6.54 Å². The van der Waals surface area contributed by atoms with E-state index >= 15 is 0 Å². The number of halogens is 1. The molecule has 1 aliphatic rings. The average molecular weight is 501 g/mol. The third-order valence-corrected chi connectivity index (χ3v) is 5.74. The van der Waals surface area contributed by atoms with Crippen LogP contribution in [0.5, 0.6) is 0 Å². The summed E-state index contributed by atoms with van der Waals surface area (Å²) in [6.45, 7) is 0.849. The second-order valence-electron chi connectivity index (χ2n) is 6.53. The van der Waals surface area contributed by atoms with Gasteiger partial charge in [-0.3, -0.25) is 0 Å². The number of hydrogen-bond donors (Lipinski definition) is 2. The number of amides is 1. The molecule has 0 aliphatic carbocycles. The number of aromatic amines is 1. The summed E-state index contributed by atoms with van der Waals surface area (Å²) >= 11 is -0.204. The molecule has 6 nitrogen and oxygen atoms in total. The minimum absolute atomic E-state index is 0.204. The monoisotopic (exact) mass is 501 g/mol. The van der Waals surface area contributed by atoms with E-state index in [1.165, 1.54) is 5.56 Å². The van der Waals surface area contributed by atoms with Gasteiger partial charge in [-0.25, -0.2) is 0 Å². The third-order valence-electron chi connectivity index (χ3n) is 3.93. The van der Waals surface area contributed by atoms with E-state index in [1.807, 2.05) is 50.5 Å². The second kappa shape index (κ2) is 10.1. The molecule has 0 fully saturated rings. The molecule has 29 heavy (non-hydrogen) atoms. The van der Waals surface area contributed by atoms with Crippen molar-refractivity contribution in [1.82, 2.24) is 15.1 Å². The molecule has 2 N–H and O–H groups in total. The number of carbonyl (C=O) groups excluding carboxylic acids is 1. The molecular formula is C22H22IN4O2-. The molecule has 7 heteroatoms. The van der Waals surface area contributed by atoms with E-state index in [0.717, 1.165) is 23.6 Å². The molecular weight excluding hydrogens is 479 g/mol.